The lowest BCUT2D eigenvalue weighted by Gasteiger charge is -2.47. The minimum Gasteiger partial charge on any atom is -0.493 e. The van der Waals surface area contributed by atoms with E-state index in [-0.39, 0.29) is 36.3 Å². The smallest absolute Gasteiger partial charge is 0.273 e. The first-order valence-corrected chi connectivity index (χ1v) is 14.0. The largest absolute Gasteiger partial charge is 0.493 e. The number of rotatable bonds is 6. The quantitative estimate of drug-likeness (QED) is 0.537. The molecule has 1 aliphatic heterocycles. The number of anilines is 1. The standard InChI is InChI=1S/C29H40N4O5/c1-18(34)30-25-21-15-23(37-3)24(38-4)16-22(21)32-17-29(2,28(36)31-19-11-7-5-6-8-12-19)33(27(35)26(25)32)20-13-9-10-14-20/h15-16,19-20H,5-14,17H2,1-4H3,(H,30,34)(H,31,36). The number of carbonyl (C=O) groups is 3. The topological polar surface area (TPSA) is 102 Å². The lowest BCUT2D eigenvalue weighted by Crippen LogP contribution is -2.67. The van der Waals surface area contributed by atoms with Gasteiger partial charge in [0.1, 0.15) is 11.2 Å². The monoisotopic (exact) mass is 524 g/mol. The molecule has 0 spiro atoms. The molecular weight excluding hydrogens is 484 g/mol. The SMILES string of the molecule is COc1cc2c(NC(C)=O)c3n(c2cc1OC)CC(C)(C(=O)NC1CCCCCC1)N(C1CCCC1)C3=O. The Hall–Kier alpha value is -3.23. The van der Waals surface area contributed by atoms with E-state index in [0.717, 1.165) is 51.4 Å². The first-order valence-electron chi connectivity index (χ1n) is 14.0. The second-order valence-electron chi connectivity index (χ2n) is 11.3. The molecule has 206 valence electrons. The predicted octanol–water partition coefficient (Wildman–Crippen LogP) is 4.61. The highest BCUT2D eigenvalue weighted by atomic mass is 16.5. The van der Waals surface area contributed by atoms with Gasteiger partial charge in [0, 0.05) is 30.5 Å². The lowest BCUT2D eigenvalue weighted by atomic mass is 9.91. The molecule has 2 saturated carbocycles. The minimum atomic E-state index is -1.07. The summed E-state index contributed by atoms with van der Waals surface area (Å²) < 4.78 is 13.0. The Morgan fingerprint density at radius 2 is 1.55 bits per heavy atom. The van der Waals surface area contributed by atoms with Gasteiger partial charge in [-0.2, -0.15) is 0 Å². The lowest BCUT2D eigenvalue weighted by molar-refractivity contribution is -0.135. The Kier molecular flexibility index (Phi) is 7.29. The third-order valence-electron chi connectivity index (χ3n) is 8.66. The Balaban J connectivity index is 1.66. The van der Waals surface area contributed by atoms with Crippen LogP contribution >= 0.6 is 0 Å². The summed E-state index contributed by atoms with van der Waals surface area (Å²) in [4.78, 5) is 42.7. The van der Waals surface area contributed by atoms with Crippen molar-refractivity contribution in [2.75, 3.05) is 19.5 Å². The van der Waals surface area contributed by atoms with Gasteiger partial charge in [0.25, 0.3) is 5.91 Å². The van der Waals surface area contributed by atoms with Crippen molar-refractivity contribution in [2.45, 2.75) is 102 Å². The molecule has 38 heavy (non-hydrogen) atoms. The van der Waals surface area contributed by atoms with E-state index in [1.807, 2.05) is 22.5 Å². The number of methoxy groups -OCH3 is 2. The van der Waals surface area contributed by atoms with Crippen molar-refractivity contribution in [1.29, 1.82) is 0 Å². The van der Waals surface area contributed by atoms with E-state index in [1.165, 1.54) is 19.8 Å². The summed E-state index contributed by atoms with van der Waals surface area (Å²) in [5.41, 5.74) is 0.497. The number of ether oxygens (including phenoxy) is 2. The number of nitrogens with zero attached hydrogens (tertiary/aromatic N) is 2. The van der Waals surface area contributed by atoms with Gasteiger partial charge in [-0.3, -0.25) is 14.4 Å². The van der Waals surface area contributed by atoms with Crippen molar-refractivity contribution in [1.82, 2.24) is 14.8 Å². The van der Waals surface area contributed by atoms with E-state index in [1.54, 1.807) is 20.3 Å². The summed E-state index contributed by atoms with van der Waals surface area (Å²) in [5.74, 6) is 0.432. The van der Waals surface area contributed by atoms with Crippen molar-refractivity contribution < 1.29 is 23.9 Å². The number of aromatic nitrogens is 1. The second kappa shape index (κ2) is 10.5. The van der Waals surface area contributed by atoms with Crippen LogP contribution < -0.4 is 20.1 Å². The Labute approximate surface area is 224 Å². The van der Waals surface area contributed by atoms with Gasteiger partial charge < -0.3 is 29.6 Å². The average Bonchev–Trinajstić information content (AvgIpc) is 3.42. The van der Waals surface area contributed by atoms with E-state index < -0.39 is 5.54 Å². The molecule has 2 aromatic rings. The normalized spacial score (nSPS) is 22.7. The van der Waals surface area contributed by atoms with Crippen molar-refractivity contribution in [3.63, 3.8) is 0 Å². The highest BCUT2D eigenvalue weighted by molar-refractivity contribution is 6.15. The van der Waals surface area contributed by atoms with E-state index in [9.17, 15) is 14.4 Å². The van der Waals surface area contributed by atoms with Crippen molar-refractivity contribution in [3.8, 4) is 11.5 Å². The molecule has 0 saturated heterocycles. The molecule has 1 atom stereocenters. The van der Waals surface area contributed by atoms with Gasteiger partial charge in [0.05, 0.1) is 32.0 Å². The molecule has 1 aromatic heterocycles. The molecule has 2 fully saturated rings. The van der Waals surface area contributed by atoms with Gasteiger partial charge in [0.15, 0.2) is 11.5 Å². The van der Waals surface area contributed by atoms with Crippen LogP contribution in [0.3, 0.4) is 0 Å². The fourth-order valence-corrected chi connectivity index (χ4v) is 6.76. The van der Waals surface area contributed by atoms with E-state index in [0.29, 0.717) is 33.8 Å². The van der Waals surface area contributed by atoms with Crippen LogP contribution in [0.1, 0.15) is 88.5 Å². The van der Waals surface area contributed by atoms with Crippen molar-refractivity contribution in [2.24, 2.45) is 0 Å². The zero-order chi connectivity index (χ0) is 27.0. The van der Waals surface area contributed by atoms with Crippen LogP contribution in [0.5, 0.6) is 11.5 Å². The molecule has 9 nitrogen and oxygen atoms in total. The number of nitrogens with one attached hydrogen (secondary N) is 2. The summed E-state index contributed by atoms with van der Waals surface area (Å²) in [6.45, 7) is 3.63. The van der Waals surface area contributed by atoms with Crippen LogP contribution in [0.4, 0.5) is 5.69 Å². The van der Waals surface area contributed by atoms with Crippen LogP contribution in [-0.2, 0) is 16.1 Å². The van der Waals surface area contributed by atoms with Gasteiger partial charge in [-0.15, -0.1) is 0 Å². The van der Waals surface area contributed by atoms with Crippen LogP contribution in [0.15, 0.2) is 12.1 Å². The van der Waals surface area contributed by atoms with E-state index in [2.05, 4.69) is 10.6 Å². The Morgan fingerprint density at radius 3 is 2.16 bits per heavy atom. The summed E-state index contributed by atoms with van der Waals surface area (Å²) in [7, 11) is 3.12. The number of hydrogen-bond acceptors (Lipinski definition) is 5. The van der Waals surface area contributed by atoms with Gasteiger partial charge in [0.2, 0.25) is 11.8 Å². The molecule has 2 heterocycles. The fourth-order valence-electron chi connectivity index (χ4n) is 6.76. The van der Waals surface area contributed by atoms with Gasteiger partial charge in [-0.05, 0) is 38.7 Å². The van der Waals surface area contributed by atoms with Crippen molar-refractivity contribution in [3.05, 3.63) is 17.8 Å². The number of carbonyl (C=O) groups excluding carboxylic acids is 3. The number of hydrogen-bond donors (Lipinski definition) is 2. The summed E-state index contributed by atoms with van der Waals surface area (Å²) >= 11 is 0. The molecule has 0 radical (unpaired) electrons. The molecule has 1 unspecified atom stereocenters. The average molecular weight is 525 g/mol. The molecule has 2 aliphatic carbocycles. The molecule has 3 amide bonds. The number of amides is 3. The Morgan fingerprint density at radius 1 is 0.947 bits per heavy atom. The zero-order valence-electron chi connectivity index (χ0n) is 23.0. The maximum Gasteiger partial charge on any atom is 0.273 e. The van der Waals surface area contributed by atoms with Crippen LogP contribution in [0, 0.1) is 0 Å². The predicted molar refractivity (Wildman–Crippen MR) is 146 cm³/mol. The molecule has 3 aliphatic rings. The number of benzene rings is 1. The highest BCUT2D eigenvalue weighted by Crippen LogP contribution is 2.45. The molecule has 1 aromatic carbocycles. The van der Waals surface area contributed by atoms with Gasteiger partial charge in [-0.25, -0.2) is 0 Å². The summed E-state index contributed by atoms with van der Waals surface area (Å²) in [6, 6.07) is 3.73. The minimum absolute atomic E-state index is 0.0200. The number of fused-ring (bicyclic) bond motifs is 3. The van der Waals surface area contributed by atoms with Crippen LogP contribution in [0.25, 0.3) is 10.9 Å². The van der Waals surface area contributed by atoms with Crippen LogP contribution in [-0.4, -0.2) is 59.0 Å². The molecule has 9 heteroatoms. The fraction of sp³-hybridized carbons (Fsp3) is 0.621. The van der Waals surface area contributed by atoms with Gasteiger partial charge >= 0.3 is 0 Å². The first-order chi connectivity index (χ1) is 18.3. The van der Waals surface area contributed by atoms with Crippen LogP contribution in [0.2, 0.25) is 0 Å². The zero-order valence-corrected chi connectivity index (χ0v) is 23.0. The van der Waals surface area contributed by atoms with E-state index in [4.69, 9.17) is 9.47 Å². The van der Waals surface area contributed by atoms with E-state index >= 15 is 0 Å². The molecule has 0 bridgehead atoms. The summed E-state index contributed by atoms with van der Waals surface area (Å²) in [5, 5.41) is 6.93. The Bertz CT molecular complexity index is 1240. The molecular formula is C29H40N4O5. The third kappa shape index (κ3) is 4.50. The highest BCUT2D eigenvalue weighted by Gasteiger charge is 2.52. The second-order valence-corrected chi connectivity index (χ2v) is 11.3. The summed E-state index contributed by atoms with van der Waals surface area (Å²) in [6.07, 6.45) is 10.4. The maximum absolute atomic E-state index is 14.5. The third-order valence-corrected chi connectivity index (χ3v) is 8.66. The maximum atomic E-state index is 14.5. The first kappa shape index (κ1) is 26.4. The molecule has 2 N–H and O–H groups in total. The van der Waals surface area contributed by atoms with Gasteiger partial charge in [-0.1, -0.05) is 38.5 Å². The molecule has 5 rings (SSSR count). The van der Waals surface area contributed by atoms with Crippen molar-refractivity contribution >= 4 is 34.3 Å².